The van der Waals surface area contributed by atoms with Crippen LogP contribution in [0.3, 0.4) is 0 Å². The molecule has 0 unspecified atom stereocenters. The molecule has 0 aliphatic heterocycles. The number of benzene rings is 2. The number of anilines is 1. The molecule has 34 heavy (non-hydrogen) atoms. The zero-order valence-electron chi connectivity index (χ0n) is 21.1. The maximum atomic E-state index is 13.2. The van der Waals surface area contributed by atoms with E-state index in [2.05, 4.69) is 5.32 Å². The van der Waals surface area contributed by atoms with E-state index in [1.807, 2.05) is 70.2 Å². The molecule has 2 amide bonds. The highest BCUT2D eigenvalue weighted by Gasteiger charge is 2.26. The van der Waals surface area contributed by atoms with Gasteiger partial charge in [0.15, 0.2) is 0 Å². The maximum absolute atomic E-state index is 13.2. The number of sulfonamides is 1. The highest BCUT2D eigenvalue weighted by atomic mass is 32.2. The lowest BCUT2D eigenvalue weighted by atomic mass is 10.1. The number of nitrogens with zero attached hydrogens (tertiary/aromatic N) is 2. The number of hydrogen-bond donors (Lipinski definition) is 1. The maximum Gasteiger partial charge on any atom is 0.242 e. The van der Waals surface area contributed by atoms with Gasteiger partial charge in [-0.15, -0.1) is 0 Å². The fraction of sp³-hybridized carbons (Fsp3) is 0.462. The van der Waals surface area contributed by atoms with Crippen molar-refractivity contribution in [2.45, 2.75) is 60.0 Å². The number of carbonyl (C=O) groups excluding carboxylic acids is 2. The minimum Gasteiger partial charge on any atom is -0.355 e. The van der Waals surface area contributed by atoms with E-state index in [0.29, 0.717) is 25.2 Å². The van der Waals surface area contributed by atoms with Gasteiger partial charge in [0.2, 0.25) is 21.8 Å². The van der Waals surface area contributed by atoms with Gasteiger partial charge in [-0.3, -0.25) is 13.9 Å². The lowest BCUT2D eigenvalue weighted by molar-refractivity contribution is -0.140. The Morgan fingerprint density at radius 3 is 2.21 bits per heavy atom. The molecular formula is C26H37N3O4S. The molecule has 0 bridgehead atoms. The van der Waals surface area contributed by atoms with Crippen molar-refractivity contribution in [2.75, 3.05) is 23.7 Å². The number of hydrogen-bond acceptors (Lipinski definition) is 4. The Labute approximate surface area is 204 Å². The third kappa shape index (κ3) is 7.58. The third-order valence-corrected chi connectivity index (χ3v) is 6.96. The second kappa shape index (κ2) is 12.0. The van der Waals surface area contributed by atoms with Crippen molar-refractivity contribution in [1.82, 2.24) is 10.2 Å². The van der Waals surface area contributed by atoms with Crippen LogP contribution in [0.15, 0.2) is 42.5 Å². The summed E-state index contributed by atoms with van der Waals surface area (Å²) in [5, 5.41) is 2.78. The lowest BCUT2D eigenvalue weighted by Crippen LogP contribution is -2.47. The van der Waals surface area contributed by atoms with Gasteiger partial charge in [-0.1, -0.05) is 42.0 Å². The van der Waals surface area contributed by atoms with Crippen molar-refractivity contribution in [2.24, 2.45) is 0 Å². The zero-order valence-corrected chi connectivity index (χ0v) is 21.9. The van der Waals surface area contributed by atoms with E-state index in [1.54, 1.807) is 11.8 Å². The topological polar surface area (TPSA) is 86.8 Å². The van der Waals surface area contributed by atoms with E-state index in [9.17, 15) is 18.0 Å². The lowest BCUT2D eigenvalue weighted by Gasteiger charge is -2.29. The molecule has 0 fully saturated rings. The smallest absolute Gasteiger partial charge is 0.242 e. The summed E-state index contributed by atoms with van der Waals surface area (Å²) in [4.78, 5) is 27.3. The molecule has 0 saturated heterocycles. The Balaban J connectivity index is 2.18. The Kier molecular flexibility index (Phi) is 9.67. The van der Waals surface area contributed by atoms with E-state index >= 15 is 0 Å². The molecule has 0 aromatic heterocycles. The summed E-state index contributed by atoms with van der Waals surface area (Å²) in [6.07, 6.45) is 1.65. The van der Waals surface area contributed by atoms with Crippen LogP contribution in [0.5, 0.6) is 0 Å². The van der Waals surface area contributed by atoms with Crippen LogP contribution in [-0.4, -0.2) is 50.5 Å². The fourth-order valence-corrected chi connectivity index (χ4v) is 4.78. The molecule has 2 aromatic carbocycles. The monoisotopic (exact) mass is 487 g/mol. The largest absolute Gasteiger partial charge is 0.355 e. The van der Waals surface area contributed by atoms with E-state index in [1.165, 1.54) is 10.6 Å². The first kappa shape index (κ1) is 27.4. The molecule has 8 heteroatoms. The van der Waals surface area contributed by atoms with Crippen molar-refractivity contribution in [3.8, 4) is 0 Å². The first-order valence-electron chi connectivity index (χ1n) is 11.6. The summed E-state index contributed by atoms with van der Waals surface area (Å²) in [6.45, 7) is 10.3. The van der Waals surface area contributed by atoms with Crippen molar-refractivity contribution in [3.05, 3.63) is 64.7 Å². The number of amides is 2. The van der Waals surface area contributed by atoms with Crippen LogP contribution < -0.4 is 9.62 Å². The van der Waals surface area contributed by atoms with Crippen LogP contribution in [-0.2, 0) is 26.2 Å². The van der Waals surface area contributed by atoms with Gasteiger partial charge in [-0.05, 0) is 63.8 Å². The van der Waals surface area contributed by atoms with Crippen LogP contribution in [0, 0.1) is 20.8 Å². The summed E-state index contributed by atoms with van der Waals surface area (Å²) in [5.41, 5.74) is 4.50. The summed E-state index contributed by atoms with van der Waals surface area (Å²) in [5.74, 6) is -0.398. The van der Waals surface area contributed by atoms with E-state index in [-0.39, 0.29) is 24.8 Å². The number of carbonyl (C=O) groups is 2. The molecule has 7 nitrogen and oxygen atoms in total. The average molecular weight is 488 g/mol. The van der Waals surface area contributed by atoms with Gasteiger partial charge in [0.05, 0.1) is 11.9 Å². The van der Waals surface area contributed by atoms with Crippen LogP contribution in [0.1, 0.15) is 48.9 Å². The van der Waals surface area contributed by atoms with Gasteiger partial charge in [0.1, 0.15) is 6.04 Å². The van der Waals surface area contributed by atoms with Crippen LogP contribution in [0.4, 0.5) is 5.69 Å². The minimum absolute atomic E-state index is 0.131. The van der Waals surface area contributed by atoms with Crippen LogP contribution in [0.2, 0.25) is 0 Å². The molecule has 2 rings (SSSR count). The van der Waals surface area contributed by atoms with E-state index < -0.39 is 16.1 Å². The van der Waals surface area contributed by atoms with E-state index in [0.717, 1.165) is 22.3 Å². The number of rotatable bonds is 11. The molecule has 0 aliphatic rings. The Morgan fingerprint density at radius 1 is 1.00 bits per heavy atom. The van der Waals surface area contributed by atoms with Gasteiger partial charge in [0.25, 0.3) is 0 Å². The number of aryl methyl sites for hydroxylation is 3. The molecule has 0 heterocycles. The molecule has 1 atom stereocenters. The van der Waals surface area contributed by atoms with Gasteiger partial charge in [-0.25, -0.2) is 8.42 Å². The quantitative estimate of drug-likeness (QED) is 0.523. The minimum atomic E-state index is -3.52. The Hall–Kier alpha value is -2.87. The highest BCUT2D eigenvalue weighted by Crippen LogP contribution is 2.24. The fourth-order valence-electron chi connectivity index (χ4n) is 3.77. The molecular weight excluding hydrogens is 450 g/mol. The molecule has 1 N–H and O–H groups in total. The van der Waals surface area contributed by atoms with Gasteiger partial charge >= 0.3 is 0 Å². The predicted molar refractivity (Wildman–Crippen MR) is 137 cm³/mol. The summed E-state index contributed by atoms with van der Waals surface area (Å²) < 4.78 is 26.4. The predicted octanol–water partition coefficient (Wildman–Crippen LogP) is 3.71. The highest BCUT2D eigenvalue weighted by molar-refractivity contribution is 7.92. The SMILES string of the molecule is CCNC(=O)[C@@H](C)N(Cc1ccc(C)cc1)C(=O)CCCN(c1cc(C)ccc1C)S(C)(=O)=O. The summed E-state index contributed by atoms with van der Waals surface area (Å²) in [6, 6.07) is 12.9. The Morgan fingerprint density at radius 2 is 1.62 bits per heavy atom. The molecule has 186 valence electrons. The first-order valence-corrected chi connectivity index (χ1v) is 13.5. The van der Waals surface area contributed by atoms with Gasteiger partial charge in [0, 0.05) is 26.1 Å². The molecule has 0 saturated carbocycles. The van der Waals surface area contributed by atoms with Crippen LogP contribution in [0.25, 0.3) is 0 Å². The summed E-state index contributed by atoms with van der Waals surface area (Å²) >= 11 is 0. The molecule has 0 radical (unpaired) electrons. The normalized spacial score (nSPS) is 12.2. The van der Waals surface area contributed by atoms with Crippen molar-refractivity contribution in [3.63, 3.8) is 0 Å². The third-order valence-electron chi connectivity index (χ3n) is 5.78. The van der Waals surface area contributed by atoms with E-state index in [4.69, 9.17) is 0 Å². The van der Waals surface area contributed by atoms with Gasteiger partial charge < -0.3 is 10.2 Å². The molecule has 2 aromatic rings. The standard InChI is InChI=1S/C26H37N3O4S/c1-7-27-26(31)22(5)28(18-23-14-11-19(2)12-15-23)25(30)9-8-16-29(34(6,32)33)24-17-20(3)10-13-21(24)4/h10-15,17,22H,7-9,16,18H2,1-6H3,(H,27,31)/t22-/m1/s1. The number of likely N-dealkylation sites (N-methyl/N-ethyl adjacent to an activating group) is 1. The first-order chi connectivity index (χ1) is 15.9. The molecule has 0 spiro atoms. The van der Waals surface area contributed by atoms with Crippen molar-refractivity contribution in [1.29, 1.82) is 0 Å². The van der Waals surface area contributed by atoms with Crippen LogP contribution >= 0.6 is 0 Å². The summed E-state index contributed by atoms with van der Waals surface area (Å²) in [7, 11) is -3.52. The van der Waals surface area contributed by atoms with Crippen molar-refractivity contribution < 1.29 is 18.0 Å². The number of nitrogens with one attached hydrogen (secondary N) is 1. The second-order valence-corrected chi connectivity index (χ2v) is 10.7. The second-order valence-electron chi connectivity index (χ2n) is 8.81. The average Bonchev–Trinajstić information content (AvgIpc) is 2.77. The Bertz CT molecular complexity index is 1100. The zero-order chi connectivity index (χ0) is 25.5. The van der Waals surface area contributed by atoms with Crippen molar-refractivity contribution >= 4 is 27.5 Å². The molecule has 0 aliphatic carbocycles. The van der Waals surface area contributed by atoms with Gasteiger partial charge in [-0.2, -0.15) is 0 Å².